The first kappa shape index (κ1) is 19.4. The van der Waals surface area contributed by atoms with Gasteiger partial charge in [-0.25, -0.2) is 0 Å². The number of carbonyl (C=O) groups is 2. The molecule has 4 atom stereocenters. The number of aliphatic carboxylic acids is 1. The van der Waals surface area contributed by atoms with Gasteiger partial charge in [0.2, 0.25) is 0 Å². The fraction of sp³-hybridized carbons (Fsp3) is 0.600. The summed E-state index contributed by atoms with van der Waals surface area (Å²) in [6.07, 6.45) is 1.62. The second-order valence-corrected chi connectivity index (χ2v) is 7.89. The standard InChI is InChI=1S/C20H29NO4/c1-13(14-8-6-5-7-9-14)21-17-11-10-15(12-16(17)18(22)23)19(24)25-20(2,3)4/h5-9,13,15-17,21H,10-12H2,1-4H3,(H,22,23)/t13-,15+,16+,17-/m0/s1. The second-order valence-electron chi connectivity index (χ2n) is 7.89. The normalized spacial score (nSPS) is 25.2. The largest absolute Gasteiger partial charge is 0.481 e. The Morgan fingerprint density at radius 2 is 1.84 bits per heavy atom. The molecule has 0 bridgehead atoms. The summed E-state index contributed by atoms with van der Waals surface area (Å²) in [7, 11) is 0. The molecule has 5 heteroatoms. The highest BCUT2D eigenvalue weighted by molar-refractivity contribution is 5.76. The van der Waals surface area contributed by atoms with Crippen molar-refractivity contribution in [3.8, 4) is 0 Å². The van der Waals surface area contributed by atoms with E-state index in [1.165, 1.54) is 0 Å². The highest BCUT2D eigenvalue weighted by Crippen LogP contribution is 2.33. The van der Waals surface area contributed by atoms with E-state index >= 15 is 0 Å². The number of carbonyl (C=O) groups excluding carboxylic acids is 1. The Morgan fingerprint density at radius 1 is 1.20 bits per heavy atom. The van der Waals surface area contributed by atoms with Crippen LogP contribution in [0.2, 0.25) is 0 Å². The summed E-state index contributed by atoms with van der Waals surface area (Å²) in [6.45, 7) is 7.52. The molecule has 1 aliphatic carbocycles. The minimum Gasteiger partial charge on any atom is -0.481 e. The van der Waals surface area contributed by atoms with Gasteiger partial charge in [0.15, 0.2) is 0 Å². The van der Waals surface area contributed by atoms with E-state index < -0.39 is 17.5 Å². The van der Waals surface area contributed by atoms with Crippen molar-refractivity contribution in [2.24, 2.45) is 11.8 Å². The van der Waals surface area contributed by atoms with Gasteiger partial charge in [0.25, 0.3) is 0 Å². The molecule has 0 radical (unpaired) electrons. The summed E-state index contributed by atoms with van der Waals surface area (Å²) >= 11 is 0. The van der Waals surface area contributed by atoms with Gasteiger partial charge in [-0.3, -0.25) is 9.59 Å². The molecule has 138 valence electrons. The van der Waals surface area contributed by atoms with E-state index in [4.69, 9.17) is 4.74 Å². The van der Waals surface area contributed by atoms with Crippen molar-refractivity contribution in [2.45, 2.75) is 64.6 Å². The average Bonchev–Trinajstić information content (AvgIpc) is 2.54. The van der Waals surface area contributed by atoms with Gasteiger partial charge in [-0.15, -0.1) is 0 Å². The van der Waals surface area contributed by atoms with Crippen LogP contribution in [0.3, 0.4) is 0 Å². The third-order valence-corrected chi connectivity index (χ3v) is 4.67. The van der Waals surface area contributed by atoms with E-state index in [1.54, 1.807) is 0 Å². The summed E-state index contributed by atoms with van der Waals surface area (Å²) in [6, 6.07) is 9.88. The van der Waals surface area contributed by atoms with Gasteiger partial charge < -0.3 is 15.2 Å². The summed E-state index contributed by atoms with van der Waals surface area (Å²) < 4.78 is 5.44. The number of ether oxygens (including phenoxy) is 1. The van der Waals surface area contributed by atoms with E-state index in [9.17, 15) is 14.7 Å². The van der Waals surface area contributed by atoms with Crippen molar-refractivity contribution in [3.05, 3.63) is 35.9 Å². The smallest absolute Gasteiger partial charge is 0.309 e. The molecule has 0 aromatic heterocycles. The van der Waals surface area contributed by atoms with E-state index in [1.807, 2.05) is 58.0 Å². The zero-order chi connectivity index (χ0) is 18.6. The van der Waals surface area contributed by atoms with Crippen LogP contribution in [-0.2, 0) is 14.3 Å². The molecule has 1 fully saturated rings. The first-order chi connectivity index (χ1) is 11.7. The quantitative estimate of drug-likeness (QED) is 0.797. The van der Waals surface area contributed by atoms with Gasteiger partial charge >= 0.3 is 11.9 Å². The molecule has 25 heavy (non-hydrogen) atoms. The molecule has 5 nitrogen and oxygen atoms in total. The Labute approximate surface area is 149 Å². The Balaban J connectivity index is 2.02. The first-order valence-electron chi connectivity index (χ1n) is 8.94. The van der Waals surface area contributed by atoms with Gasteiger partial charge in [0.1, 0.15) is 5.60 Å². The Morgan fingerprint density at radius 3 is 2.40 bits per heavy atom. The number of nitrogens with one attached hydrogen (secondary N) is 1. The number of hydrogen-bond donors (Lipinski definition) is 2. The molecule has 0 unspecified atom stereocenters. The molecular weight excluding hydrogens is 318 g/mol. The number of hydrogen-bond acceptors (Lipinski definition) is 4. The Bertz CT molecular complexity index is 593. The topological polar surface area (TPSA) is 75.6 Å². The van der Waals surface area contributed by atoms with E-state index in [0.717, 1.165) is 5.56 Å². The monoisotopic (exact) mass is 347 g/mol. The van der Waals surface area contributed by atoms with Gasteiger partial charge in [0.05, 0.1) is 11.8 Å². The fourth-order valence-corrected chi connectivity index (χ4v) is 3.40. The van der Waals surface area contributed by atoms with Crippen molar-refractivity contribution < 1.29 is 19.4 Å². The molecule has 2 rings (SSSR count). The van der Waals surface area contributed by atoms with Crippen molar-refractivity contribution >= 4 is 11.9 Å². The molecule has 0 amide bonds. The number of carboxylic acids is 1. The summed E-state index contributed by atoms with van der Waals surface area (Å²) in [5, 5.41) is 13.1. The van der Waals surface area contributed by atoms with E-state index in [2.05, 4.69) is 5.32 Å². The van der Waals surface area contributed by atoms with Crippen LogP contribution in [0.25, 0.3) is 0 Å². The maximum absolute atomic E-state index is 12.3. The number of rotatable bonds is 5. The summed E-state index contributed by atoms with van der Waals surface area (Å²) in [4.78, 5) is 24.0. The lowest BCUT2D eigenvalue weighted by molar-refractivity contribution is -0.163. The predicted octanol–water partition coefficient (Wildman–Crippen LogP) is 3.55. The number of esters is 1. The summed E-state index contributed by atoms with van der Waals surface area (Å²) in [5.74, 6) is -2.07. The van der Waals surface area contributed by atoms with Gasteiger partial charge in [0, 0.05) is 12.1 Å². The highest BCUT2D eigenvalue weighted by atomic mass is 16.6. The van der Waals surface area contributed by atoms with E-state index in [0.29, 0.717) is 19.3 Å². The zero-order valence-electron chi connectivity index (χ0n) is 15.5. The van der Waals surface area contributed by atoms with Crippen LogP contribution in [0.5, 0.6) is 0 Å². The summed E-state index contributed by atoms with van der Waals surface area (Å²) in [5.41, 5.74) is 0.577. The Kier molecular flexibility index (Phi) is 6.22. The maximum Gasteiger partial charge on any atom is 0.309 e. The lowest BCUT2D eigenvalue weighted by Gasteiger charge is -2.36. The van der Waals surface area contributed by atoms with Crippen LogP contribution in [-0.4, -0.2) is 28.7 Å². The van der Waals surface area contributed by atoms with Crippen LogP contribution in [0.1, 0.15) is 58.6 Å². The molecule has 0 spiro atoms. The van der Waals surface area contributed by atoms with Crippen molar-refractivity contribution in [2.75, 3.05) is 0 Å². The predicted molar refractivity (Wildman–Crippen MR) is 96.1 cm³/mol. The third-order valence-electron chi connectivity index (χ3n) is 4.67. The zero-order valence-corrected chi connectivity index (χ0v) is 15.5. The van der Waals surface area contributed by atoms with Crippen LogP contribution < -0.4 is 5.32 Å². The molecular formula is C20H29NO4. The lowest BCUT2D eigenvalue weighted by Crippen LogP contribution is -2.46. The second kappa shape index (κ2) is 8.00. The van der Waals surface area contributed by atoms with Gasteiger partial charge in [-0.05, 0) is 52.5 Å². The van der Waals surface area contributed by atoms with Crippen LogP contribution in [0.4, 0.5) is 0 Å². The molecule has 2 N–H and O–H groups in total. The van der Waals surface area contributed by atoms with Crippen molar-refractivity contribution in [3.63, 3.8) is 0 Å². The maximum atomic E-state index is 12.3. The van der Waals surface area contributed by atoms with Crippen LogP contribution in [0.15, 0.2) is 30.3 Å². The minimum absolute atomic E-state index is 0.0612. The SMILES string of the molecule is C[C@H](N[C@H]1CC[C@@H](C(=O)OC(C)(C)C)C[C@H]1C(=O)O)c1ccccc1. The molecule has 0 heterocycles. The molecule has 1 aromatic carbocycles. The molecule has 0 saturated heterocycles. The van der Waals surface area contributed by atoms with Crippen molar-refractivity contribution in [1.29, 1.82) is 0 Å². The molecule has 1 saturated carbocycles. The average molecular weight is 347 g/mol. The molecule has 0 aliphatic heterocycles. The third kappa shape index (κ3) is 5.56. The van der Waals surface area contributed by atoms with Gasteiger partial charge in [-0.1, -0.05) is 30.3 Å². The first-order valence-corrected chi connectivity index (χ1v) is 8.94. The minimum atomic E-state index is -0.856. The number of carboxylic acid groups (broad SMARTS) is 1. The van der Waals surface area contributed by atoms with E-state index in [-0.39, 0.29) is 24.0 Å². The Hall–Kier alpha value is -1.88. The molecule has 1 aromatic rings. The molecule has 1 aliphatic rings. The highest BCUT2D eigenvalue weighted by Gasteiger charge is 2.39. The lowest BCUT2D eigenvalue weighted by atomic mass is 9.77. The fourth-order valence-electron chi connectivity index (χ4n) is 3.40. The van der Waals surface area contributed by atoms with Crippen LogP contribution in [0, 0.1) is 11.8 Å². The van der Waals surface area contributed by atoms with Crippen molar-refractivity contribution in [1.82, 2.24) is 5.32 Å². The van der Waals surface area contributed by atoms with Gasteiger partial charge in [-0.2, -0.15) is 0 Å². The van der Waals surface area contributed by atoms with Crippen LogP contribution >= 0.6 is 0 Å². The number of benzene rings is 1.